The van der Waals surface area contributed by atoms with Crippen molar-refractivity contribution in [3.05, 3.63) is 77.6 Å². The molecule has 0 saturated carbocycles. The Morgan fingerprint density at radius 2 is 1.83 bits per heavy atom. The predicted octanol–water partition coefficient (Wildman–Crippen LogP) is 4.14. The molecule has 3 aromatic rings. The zero-order valence-electron chi connectivity index (χ0n) is 13.6. The van der Waals surface area contributed by atoms with Crippen molar-refractivity contribution in [2.45, 2.75) is 19.9 Å². The van der Waals surface area contributed by atoms with Gasteiger partial charge in [-0.25, -0.2) is 9.97 Å². The van der Waals surface area contributed by atoms with Gasteiger partial charge in [0.1, 0.15) is 17.9 Å². The van der Waals surface area contributed by atoms with Crippen molar-refractivity contribution in [2.24, 2.45) is 0 Å². The van der Waals surface area contributed by atoms with E-state index in [-0.39, 0.29) is 0 Å². The molecule has 0 amide bonds. The van der Waals surface area contributed by atoms with Crippen molar-refractivity contribution in [3.63, 3.8) is 0 Å². The summed E-state index contributed by atoms with van der Waals surface area (Å²) < 4.78 is 5.88. The lowest BCUT2D eigenvalue weighted by Crippen LogP contribution is -2.30. The van der Waals surface area contributed by atoms with Crippen LogP contribution < -0.4 is 9.64 Å². The maximum absolute atomic E-state index is 5.88. The number of hydrogen-bond acceptors (Lipinski definition) is 4. The maximum atomic E-state index is 5.88. The third-order valence-electron chi connectivity index (χ3n) is 4.29. The van der Waals surface area contributed by atoms with Gasteiger partial charge in [0.25, 0.3) is 0 Å². The highest BCUT2D eigenvalue weighted by Crippen LogP contribution is 2.26. The smallest absolute Gasteiger partial charge is 0.224 e. The summed E-state index contributed by atoms with van der Waals surface area (Å²) in [7, 11) is 0. The van der Waals surface area contributed by atoms with Crippen molar-refractivity contribution >= 4 is 5.82 Å². The van der Waals surface area contributed by atoms with Crippen LogP contribution in [0.5, 0.6) is 11.6 Å². The van der Waals surface area contributed by atoms with E-state index in [4.69, 9.17) is 4.74 Å². The number of hydrogen-bond donors (Lipinski definition) is 0. The van der Waals surface area contributed by atoms with Gasteiger partial charge < -0.3 is 9.64 Å². The number of aryl methyl sites for hydroxylation is 1. The minimum atomic E-state index is 0.574. The average Bonchev–Trinajstić information content (AvgIpc) is 2.61. The van der Waals surface area contributed by atoms with Crippen molar-refractivity contribution in [3.8, 4) is 11.6 Å². The number of nitrogens with zero attached hydrogens (tertiary/aromatic N) is 3. The molecule has 0 spiro atoms. The molecule has 0 fully saturated rings. The van der Waals surface area contributed by atoms with E-state index in [1.807, 2.05) is 37.3 Å². The lowest BCUT2D eigenvalue weighted by molar-refractivity contribution is 0.460. The SMILES string of the molecule is Cc1cccc(Oc2cc(N3CCc4ccccc4C3)ncn2)c1. The van der Waals surface area contributed by atoms with Crippen LogP contribution in [0.2, 0.25) is 0 Å². The monoisotopic (exact) mass is 317 g/mol. The maximum Gasteiger partial charge on any atom is 0.224 e. The highest BCUT2D eigenvalue weighted by molar-refractivity contribution is 5.46. The summed E-state index contributed by atoms with van der Waals surface area (Å²) >= 11 is 0. The van der Waals surface area contributed by atoms with Crippen LogP contribution in [-0.4, -0.2) is 16.5 Å². The molecular weight excluding hydrogens is 298 g/mol. The number of ether oxygens (including phenoxy) is 1. The number of benzene rings is 2. The first-order chi connectivity index (χ1) is 11.8. The fourth-order valence-electron chi connectivity index (χ4n) is 3.05. The van der Waals surface area contributed by atoms with Crippen LogP contribution in [0.4, 0.5) is 5.82 Å². The average molecular weight is 317 g/mol. The summed E-state index contributed by atoms with van der Waals surface area (Å²) in [5.41, 5.74) is 3.96. The van der Waals surface area contributed by atoms with Crippen LogP contribution in [0, 0.1) is 6.92 Å². The van der Waals surface area contributed by atoms with Gasteiger partial charge in [-0.05, 0) is 42.2 Å². The molecule has 24 heavy (non-hydrogen) atoms. The number of rotatable bonds is 3. The van der Waals surface area contributed by atoms with Gasteiger partial charge in [0.15, 0.2) is 0 Å². The molecule has 0 atom stereocenters. The van der Waals surface area contributed by atoms with Gasteiger partial charge in [-0.1, -0.05) is 36.4 Å². The van der Waals surface area contributed by atoms with Crippen LogP contribution in [0.15, 0.2) is 60.9 Å². The Bertz CT molecular complexity index is 863. The van der Waals surface area contributed by atoms with E-state index in [1.54, 1.807) is 6.33 Å². The van der Waals surface area contributed by atoms with E-state index in [0.29, 0.717) is 5.88 Å². The van der Waals surface area contributed by atoms with E-state index >= 15 is 0 Å². The van der Waals surface area contributed by atoms with Gasteiger partial charge in [0, 0.05) is 19.2 Å². The second-order valence-electron chi connectivity index (χ2n) is 6.07. The second-order valence-corrected chi connectivity index (χ2v) is 6.07. The zero-order valence-corrected chi connectivity index (χ0v) is 13.6. The molecular formula is C20H19N3O. The van der Waals surface area contributed by atoms with Crippen molar-refractivity contribution < 1.29 is 4.74 Å². The lowest BCUT2D eigenvalue weighted by atomic mass is 10.00. The van der Waals surface area contributed by atoms with E-state index in [2.05, 4.69) is 39.1 Å². The Kier molecular flexibility index (Phi) is 3.87. The van der Waals surface area contributed by atoms with Crippen molar-refractivity contribution in [1.29, 1.82) is 0 Å². The second kappa shape index (κ2) is 6.32. The van der Waals surface area contributed by atoms with E-state index in [9.17, 15) is 0 Å². The van der Waals surface area contributed by atoms with E-state index < -0.39 is 0 Å². The van der Waals surface area contributed by atoms with Gasteiger partial charge in [-0.2, -0.15) is 0 Å². The first-order valence-corrected chi connectivity index (χ1v) is 8.16. The molecule has 2 aromatic carbocycles. The molecule has 4 nitrogen and oxygen atoms in total. The molecule has 1 aromatic heterocycles. The molecule has 0 bridgehead atoms. The molecule has 120 valence electrons. The third-order valence-corrected chi connectivity index (χ3v) is 4.29. The van der Waals surface area contributed by atoms with Gasteiger partial charge in [0.2, 0.25) is 5.88 Å². The van der Waals surface area contributed by atoms with Gasteiger partial charge >= 0.3 is 0 Å². The molecule has 0 radical (unpaired) electrons. The third kappa shape index (κ3) is 3.08. The number of fused-ring (bicyclic) bond motifs is 1. The first-order valence-electron chi connectivity index (χ1n) is 8.16. The topological polar surface area (TPSA) is 38.2 Å². The van der Waals surface area contributed by atoms with Crippen LogP contribution in [0.3, 0.4) is 0 Å². The summed E-state index contributed by atoms with van der Waals surface area (Å²) in [4.78, 5) is 10.9. The fraction of sp³-hybridized carbons (Fsp3) is 0.200. The van der Waals surface area contributed by atoms with E-state index in [1.165, 1.54) is 11.1 Å². The summed E-state index contributed by atoms with van der Waals surface area (Å²) in [5, 5.41) is 0. The Balaban J connectivity index is 1.55. The van der Waals surface area contributed by atoms with Crippen molar-refractivity contribution in [1.82, 2.24) is 9.97 Å². The van der Waals surface area contributed by atoms with Crippen LogP contribution in [-0.2, 0) is 13.0 Å². The highest BCUT2D eigenvalue weighted by atomic mass is 16.5. The quantitative estimate of drug-likeness (QED) is 0.727. The zero-order chi connectivity index (χ0) is 16.4. The molecule has 4 rings (SSSR count). The predicted molar refractivity (Wildman–Crippen MR) is 94.5 cm³/mol. The minimum absolute atomic E-state index is 0.574. The molecule has 0 saturated heterocycles. The number of aromatic nitrogens is 2. The van der Waals surface area contributed by atoms with Gasteiger partial charge in [-0.3, -0.25) is 0 Å². The summed E-state index contributed by atoms with van der Waals surface area (Å²) in [6.07, 6.45) is 2.61. The Labute approximate surface area is 141 Å². The van der Waals surface area contributed by atoms with Gasteiger partial charge in [-0.15, -0.1) is 0 Å². The minimum Gasteiger partial charge on any atom is -0.439 e. The molecule has 1 aliphatic rings. The molecule has 2 heterocycles. The van der Waals surface area contributed by atoms with E-state index in [0.717, 1.165) is 36.6 Å². The molecule has 0 unspecified atom stereocenters. The van der Waals surface area contributed by atoms with Gasteiger partial charge in [0.05, 0.1) is 0 Å². The summed E-state index contributed by atoms with van der Waals surface area (Å²) in [6.45, 7) is 3.87. The number of anilines is 1. The first kappa shape index (κ1) is 14.7. The molecule has 4 heteroatoms. The summed E-state index contributed by atoms with van der Waals surface area (Å²) in [5.74, 6) is 2.27. The van der Waals surface area contributed by atoms with Crippen LogP contribution in [0.1, 0.15) is 16.7 Å². The molecule has 0 aliphatic carbocycles. The molecule has 0 N–H and O–H groups in total. The van der Waals surface area contributed by atoms with Crippen LogP contribution in [0.25, 0.3) is 0 Å². The summed E-state index contributed by atoms with van der Waals surface area (Å²) in [6, 6.07) is 18.5. The largest absolute Gasteiger partial charge is 0.439 e. The van der Waals surface area contributed by atoms with Crippen molar-refractivity contribution in [2.75, 3.05) is 11.4 Å². The normalized spacial score (nSPS) is 13.5. The molecule has 1 aliphatic heterocycles. The Hall–Kier alpha value is -2.88. The Morgan fingerprint density at radius 3 is 2.71 bits per heavy atom. The highest BCUT2D eigenvalue weighted by Gasteiger charge is 2.17. The fourth-order valence-corrected chi connectivity index (χ4v) is 3.05. The standard InChI is InChI=1S/C20H19N3O/c1-15-5-4-8-18(11-15)24-20-12-19(21-14-22-20)23-10-9-16-6-2-3-7-17(16)13-23/h2-8,11-12,14H,9-10,13H2,1H3. The Morgan fingerprint density at radius 1 is 0.958 bits per heavy atom. The van der Waals surface area contributed by atoms with Crippen LogP contribution >= 0.6 is 0 Å². The lowest BCUT2D eigenvalue weighted by Gasteiger charge is -2.29.